The monoisotopic (exact) mass is 601 g/mol. The van der Waals surface area contributed by atoms with Gasteiger partial charge < -0.3 is 38.3 Å². The zero-order valence-corrected chi connectivity index (χ0v) is 25.8. The van der Waals surface area contributed by atoms with E-state index in [1.54, 1.807) is 47.1 Å². The van der Waals surface area contributed by atoms with Gasteiger partial charge in [0.1, 0.15) is 29.8 Å². The average molecular weight is 602 g/mol. The minimum atomic E-state index is -0.995. The Morgan fingerprint density at radius 3 is 2.53 bits per heavy atom. The van der Waals surface area contributed by atoms with Gasteiger partial charge in [0.25, 0.3) is 5.09 Å². The maximum Gasteiger partial charge on any atom is 0.410 e. The Kier molecular flexibility index (Phi) is 10.6. The van der Waals surface area contributed by atoms with Gasteiger partial charge in [-0.05, 0) is 69.5 Å². The molecule has 2 heterocycles. The number of carbonyl (C=O) groups is 1. The number of nitrogens with zero attached hydrogens (tertiary/aromatic N) is 3. The topological polar surface area (TPSA) is 122 Å². The van der Waals surface area contributed by atoms with Crippen molar-refractivity contribution in [1.29, 1.82) is 0 Å². The molecule has 2 aliphatic heterocycles. The number of rotatable bonds is 11. The molecule has 1 unspecified atom stereocenters. The van der Waals surface area contributed by atoms with Gasteiger partial charge in [-0.25, -0.2) is 4.79 Å². The van der Waals surface area contributed by atoms with Gasteiger partial charge in [-0.2, -0.15) is 0 Å². The van der Waals surface area contributed by atoms with E-state index in [0.717, 1.165) is 42.1 Å². The fraction of sp³-hybridized carbons (Fsp3) is 0.581. The number of methoxy groups -OCH3 is 2. The molecular formula is C31H43N3O9. The molecule has 236 valence electrons. The maximum atomic E-state index is 13.3. The number of ether oxygens (including phenoxy) is 5. The molecule has 43 heavy (non-hydrogen) atoms. The van der Waals surface area contributed by atoms with Crippen molar-refractivity contribution in [1.82, 2.24) is 4.90 Å². The van der Waals surface area contributed by atoms with Crippen LogP contribution in [0.5, 0.6) is 11.5 Å². The van der Waals surface area contributed by atoms with Crippen LogP contribution in [0.2, 0.25) is 0 Å². The second-order valence-corrected chi connectivity index (χ2v) is 11.8. The average Bonchev–Trinajstić information content (AvgIpc) is 2.96. The van der Waals surface area contributed by atoms with Crippen LogP contribution in [-0.2, 0) is 25.7 Å². The molecule has 1 fully saturated rings. The molecule has 2 aliphatic rings. The Balaban J connectivity index is 1.65. The molecule has 0 aromatic heterocycles. The zero-order valence-electron chi connectivity index (χ0n) is 25.8. The molecular weight excluding hydrogens is 558 g/mol. The van der Waals surface area contributed by atoms with E-state index in [4.69, 9.17) is 28.5 Å². The minimum Gasteiger partial charge on any atom is -0.497 e. The lowest BCUT2D eigenvalue weighted by atomic mass is 9.81. The SMILES string of the molecule is COCCCN1CCOc2ccc(CO[C@H]3C(C)N(C(=O)OC(C)(C)C)C[C@@H](O[N+](=O)[O-])[C@@H]3c3ccc(OC)cc3)cc21. The van der Waals surface area contributed by atoms with Gasteiger partial charge in [0.2, 0.25) is 0 Å². The predicted octanol–water partition coefficient (Wildman–Crippen LogP) is 4.82. The molecule has 2 aromatic carbocycles. The fourth-order valence-corrected chi connectivity index (χ4v) is 5.64. The highest BCUT2D eigenvalue weighted by Crippen LogP contribution is 2.39. The first-order valence-corrected chi connectivity index (χ1v) is 14.6. The summed E-state index contributed by atoms with van der Waals surface area (Å²) in [6.07, 6.45) is -1.36. The van der Waals surface area contributed by atoms with E-state index in [1.807, 2.05) is 37.3 Å². The van der Waals surface area contributed by atoms with Crippen molar-refractivity contribution in [3.05, 3.63) is 63.7 Å². The van der Waals surface area contributed by atoms with Crippen molar-refractivity contribution < 1.29 is 38.4 Å². The summed E-state index contributed by atoms with van der Waals surface area (Å²) in [5.41, 5.74) is 1.91. The zero-order chi connectivity index (χ0) is 31.1. The van der Waals surface area contributed by atoms with Crippen LogP contribution in [0.4, 0.5) is 10.5 Å². The van der Waals surface area contributed by atoms with Crippen molar-refractivity contribution in [2.45, 2.75) is 70.5 Å². The van der Waals surface area contributed by atoms with Crippen LogP contribution in [0, 0.1) is 10.1 Å². The molecule has 4 rings (SSSR count). The summed E-state index contributed by atoms with van der Waals surface area (Å²) in [6.45, 7) is 10.2. The molecule has 1 amide bonds. The number of hydrogen-bond donors (Lipinski definition) is 0. The van der Waals surface area contributed by atoms with E-state index < -0.39 is 40.9 Å². The largest absolute Gasteiger partial charge is 0.497 e. The van der Waals surface area contributed by atoms with E-state index in [1.165, 1.54) is 4.90 Å². The lowest BCUT2D eigenvalue weighted by Crippen LogP contribution is -2.60. The summed E-state index contributed by atoms with van der Waals surface area (Å²) >= 11 is 0. The number of likely N-dealkylation sites (tertiary alicyclic amines) is 1. The number of hydrogen-bond acceptors (Lipinski definition) is 10. The smallest absolute Gasteiger partial charge is 0.410 e. The highest BCUT2D eigenvalue weighted by atomic mass is 17.0. The van der Waals surface area contributed by atoms with Crippen LogP contribution >= 0.6 is 0 Å². The second-order valence-electron chi connectivity index (χ2n) is 11.8. The van der Waals surface area contributed by atoms with E-state index in [9.17, 15) is 14.9 Å². The molecule has 2 aromatic rings. The van der Waals surface area contributed by atoms with E-state index in [-0.39, 0.29) is 13.2 Å². The van der Waals surface area contributed by atoms with Gasteiger partial charge in [0.05, 0.1) is 44.6 Å². The third kappa shape index (κ3) is 8.20. The van der Waals surface area contributed by atoms with Crippen molar-refractivity contribution in [3.8, 4) is 11.5 Å². The Morgan fingerprint density at radius 2 is 1.88 bits per heavy atom. The molecule has 0 N–H and O–H groups in total. The van der Waals surface area contributed by atoms with Crippen LogP contribution in [-0.4, -0.2) is 87.0 Å². The number of carbonyl (C=O) groups excluding carboxylic acids is 1. The van der Waals surface area contributed by atoms with E-state index in [0.29, 0.717) is 19.0 Å². The number of fused-ring (bicyclic) bond motifs is 1. The van der Waals surface area contributed by atoms with Gasteiger partial charge in [0, 0.05) is 26.2 Å². The Labute approximate surface area is 252 Å². The molecule has 0 saturated carbocycles. The molecule has 0 spiro atoms. The van der Waals surface area contributed by atoms with Crippen molar-refractivity contribution >= 4 is 11.8 Å². The van der Waals surface area contributed by atoms with E-state index in [2.05, 4.69) is 4.90 Å². The van der Waals surface area contributed by atoms with Gasteiger partial charge >= 0.3 is 6.09 Å². The predicted molar refractivity (Wildman–Crippen MR) is 159 cm³/mol. The molecule has 0 aliphatic carbocycles. The first kappa shape index (κ1) is 32.2. The molecule has 4 atom stereocenters. The molecule has 12 nitrogen and oxygen atoms in total. The van der Waals surface area contributed by atoms with Crippen molar-refractivity contribution in [3.63, 3.8) is 0 Å². The Morgan fingerprint density at radius 1 is 1.14 bits per heavy atom. The second kappa shape index (κ2) is 14.1. The first-order chi connectivity index (χ1) is 20.5. The number of anilines is 1. The first-order valence-electron chi connectivity index (χ1n) is 14.6. The summed E-state index contributed by atoms with van der Waals surface area (Å²) in [5, 5.41) is 10.8. The molecule has 12 heteroatoms. The van der Waals surface area contributed by atoms with Crippen LogP contribution in [0.1, 0.15) is 51.2 Å². The molecule has 0 bridgehead atoms. The summed E-state index contributed by atoms with van der Waals surface area (Å²) in [7, 11) is 3.27. The minimum absolute atomic E-state index is 0.0414. The maximum absolute atomic E-state index is 13.3. The van der Waals surface area contributed by atoms with E-state index >= 15 is 0 Å². The number of piperidine rings is 1. The lowest BCUT2D eigenvalue weighted by Gasteiger charge is -2.47. The standard InChI is InChI=1S/C31H43N3O9/c1-21-29(41-20-22-8-13-26-25(18-22)32(15-17-40-26)14-7-16-38-5)28(23-9-11-24(39-6)12-10-23)27(43-34(36)37)19-33(21)30(35)42-31(2,3)4/h8-13,18,21,27-29H,7,14-17,19-20H2,1-6H3/t21?,27-,28+,29+/m1/s1. The van der Waals surface area contributed by atoms with Crippen LogP contribution in [0.25, 0.3) is 0 Å². The van der Waals surface area contributed by atoms with Crippen molar-refractivity contribution in [2.24, 2.45) is 0 Å². The number of benzene rings is 2. The third-order valence-electron chi connectivity index (χ3n) is 7.65. The van der Waals surface area contributed by atoms with Gasteiger partial charge in [-0.1, -0.05) is 18.2 Å². The van der Waals surface area contributed by atoms with Crippen LogP contribution in [0.3, 0.4) is 0 Å². The van der Waals surface area contributed by atoms with Gasteiger partial charge in [0.15, 0.2) is 0 Å². The fourth-order valence-electron chi connectivity index (χ4n) is 5.64. The Hall–Kier alpha value is -3.77. The van der Waals surface area contributed by atoms with Crippen LogP contribution in [0.15, 0.2) is 42.5 Å². The summed E-state index contributed by atoms with van der Waals surface area (Å²) in [4.78, 5) is 33.9. The highest BCUT2D eigenvalue weighted by Gasteiger charge is 2.47. The van der Waals surface area contributed by atoms with Crippen molar-refractivity contribution in [2.75, 3.05) is 52.0 Å². The molecule has 1 saturated heterocycles. The quantitative estimate of drug-likeness (QED) is 0.201. The van der Waals surface area contributed by atoms with Crippen LogP contribution < -0.4 is 14.4 Å². The summed E-state index contributed by atoms with van der Waals surface area (Å²) in [5.74, 6) is 0.903. The highest BCUT2D eigenvalue weighted by molar-refractivity contribution is 5.69. The normalized spacial score (nSPS) is 21.9. The lowest BCUT2D eigenvalue weighted by molar-refractivity contribution is -0.770. The summed E-state index contributed by atoms with van der Waals surface area (Å²) < 4.78 is 28.7. The third-order valence-corrected chi connectivity index (χ3v) is 7.65. The van der Waals surface area contributed by atoms with Gasteiger partial charge in [-0.15, -0.1) is 10.1 Å². The Bertz CT molecular complexity index is 1230. The van der Waals surface area contributed by atoms with Gasteiger partial charge in [-0.3, -0.25) is 0 Å². The summed E-state index contributed by atoms with van der Waals surface area (Å²) in [6, 6.07) is 12.7. The molecule has 0 radical (unpaired) electrons. The number of amides is 1.